The first-order valence-corrected chi connectivity index (χ1v) is 9.19. The number of carbonyl (C=O) groups excluding carboxylic acids is 1. The van der Waals surface area contributed by atoms with E-state index >= 15 is 0 Å². The third kappa shape index (κ3) is 4.76. The Morgan fingerprint density at radius 1 is 0.852 bits per heavy atom. The predicted molar refractivity (Wildman–Crippen MR) is 109 cm³/mol. The third-order valence-electron chi connectivity index (χ3n) is 4.62. The summed E-state index contributed by atoms with van der Waals surface area (Å²) in [6.07, 6.45) is -0.595. The number of hydrogen-bond donors (Lipinski definition) is 1. The van der Waals surface area contributed by atoms with Crippen LogP contribution in [0.2, 0.25) is 0 Å². The molecular weight excluding hydrogens is 334 g/mol. The molecule has 1 N–H and O–H groups in total. The molecule has 3 rings (SSSR count). The summed E-state index contributed by atoms with van der Waals surface area (Å²) < 4.78 is 5.82. The highest BCUT2D eigenvalue weighted by molar-refractivity contribution is 5.81. The molecule has 0 heterocycles. The molecule has 0 fully saturated rings. The Hall–Kier alpha value is -3.07. The largest absolute Gasteiger partial charge is 0.481 e. The molecule has 27 heavy (non-hydrogen) atoms. The number of benzene rings is 3. The van der Waals surface area contributed by atoms with E-state index in [4.69, 9.17) is 4.74 Å². The number of ether oxygens (including phenoxy) is 1. The van der Waals surface area contributed by atoms with Gasteiger partial charge in [-0.2, -0.15) is 0 Å². The van der Waals surface area contributed by atoms with Gasteiger partial charge >= 0.3 is 0 Å². The van der Waals surface area contributed by atoms with Gasteiger partial charge in [-0.3, -0.25) is 4.79 Å². The van der Waals surface area contributed by atoms with Crippen LogP contribution >= 0.6 is 0 Å². The number of carbonyl (C=O) groups is 1. The second kappa shape index (κ2) is 8.54. The molecule has 2 atom stereocenters. The van der Waals surface area contributed by atoms with Crippen LogP contribution in [0.25, 0.3) is 0 Å². The van der Waals surface area contributed by atoms with Crippen molar-refractivity contribution < 1.29 is 9.53 Å². The van der Waals surface area contributed by atoms with E-state index in [1.165, 1.54) is 0 Å². The molecule has 0 aromatic heterocycles. The molecule has 3 nitrogen and oxygen atoms in total. The molecule has 138 valence electrons. The lowest BCUT2D eigenvalue weighted by atomic mass is 9.95. The maximum Gasteiger partial charge on any atom is 0.261 e. The van der Waals surface area contributed by atoms with E-state index in [0.717, 1.165) is 22.3 Å². The number of aryl methyl sites for hydroxylation is 2. The van der Waals surface area contributed by atoms with Gasteiger partial charge < -0.3 is 10.1 Å². The van der Waals surface area contributed by atoms with E-state index in [1.807, 2.05) is 73.7 Å². The maximum absolute atomic E-state index is 12.8. The highest BCUT2D eigenvalue weighted by Gasteiger charge is 2.22. The van der Waals surface area contributed by atoms with Crippen LogP contribution in [0.1, 0.15) is 35.2 Å². The van der Waals surface area contributed by atoms with Gasteiger partial charge in [-0.15, -0.1) is 0 Å². The molecule has 3 aromatic carbocycles. The summed E-state index contributed by atoms with van der Waals surface area (Å²) in [7, 11) is 0. The number of hydrogen-bond acceptors (Lipinski definition) is 2. The minimum absolute atomic E-state index is 0.146. The molecule has 0 saturated carbocycles. The molecule has 0 radical (unpaired) electrons. The minimum Gasteiger partial charge on any atom is -0.481 e. The maximum atomic E-state index is 12.8. The first kappa shape index (κ1) is 18.7. The Bertz CT molecular complexity index is 888. The lowest BCUT2D eigenvalue weighted by Gasteiger charge is -2.24. The Balaban J connectivity index is 1.80. The number of rotatable bonds is 6. The topological polar surface area (TPSA) is 38.3 Å². The summed E-state index contributed by atoms with van der Waals surface area (Å²) >= 11 is 0. The van der Waals surface area contributed by atoms with Crippen LogP contribution < -0.4 is 10.1 Å². The van der Waals surface area contributed by atoms with E-state index in [9.17, 15) is 4.79 Å². The fraction of sp³-hybridized carbons (Fsp3) is 0.208. The lowest BCUT2D eigenvalue weighted by Crippen LogP contribution is -2.39. The summed E-state index contributed by atoms with van der Waals surface area (Å²) in [5, 5.41) is 3.16. The first-order valence-electron chi connectivity index (χ1n) is 9.19. The van der Waals surface area contributed by atoms with Crippen molar-refractivity contribution in [2.24, 2.45) is 0 Å². The van der Waals surface area contributed by atoms with Crippen LogP contribution in [0.5, 0.6) is 5.75 Å². The number of amides is 1. The second-order valence-corrected chi connectivity index (χ2v) is 6.78. The first-order chi connectivity index (χ1) is 13.0. The van der Waals surface area contributed by atoms with Crippen LogP contribution in [-0.4, -0.2) is 12.0 Å². The molecule has 3 aromatic rings. The smallest absolute Gasteiger partial charge is 0.261 e. The van der Waals surface area contributed by atoms with Gasteiger partial charge in [0.1, 0.15) is 5.75 Å². The van der Waals surface area contributed by atoms with Crippen molar-refractivity contribution in [1.82, 2.24) is 5.32 Å². The second-order valence-electron chi connectivity index (χ2n) is 6.78. The molecule has 0 saturated heterocycles. The van der Waals surface area contributed by atoms with Gasteiger partial charge in [0.25, 0.3) is 5.91 Å². The summed E-state index contributed by atoms with van der Waals surface area (Å²) in [5.74, 6) is 0.545. The molecule has 1 amide bonds. The van der Waals surface area contributed by atoms with E-state index in [0.29, 0.717) is 5.75 Å². The lowest BCUT2D eigenvalue weighted by molar-refractivity contribution is -0.127. The Morgan fingerprint density at radius 3 is 2.15 bits per heavy atom. The van der Waals surface area contributed by atoms with Gasteiger partial charge in [-0.25, -0.2) is 0 Å². The fourth-order valence-corrected chi connectivity index (χ4v) is 3.03. The highest BCUT2D eigenvalue weighted by atomic mass is 16.5. The van der Waals surface area contributed by atoms with Crippen molar-refractivity contribution in [2.75, 3.05) is 0 Å². The molecule has 0 spiro atoms. The van der Waals surface area contributed by atoms with Crippen LogP contribution in [0.15, 0.2) is 78.9 Å². The summed E-state index contributed by atoms with van der Waals surface area (Å²) in [6.45, 7) is 5.85. The van der Waals surface area contributed by atoms with Gasteiger partial charge in [0.15, 0.2) is 6.10 Å². The van der Waals surface area contributed by atoms with E-state index in [2.05, 4.69) is 24.4 Å². The van der Waals surface area contributed by atoms with Crippen molar-refractivity contribution in [2.45, 2.75) is 32.9 Å². The third-order valence-corrected chi connectivity index (χ3v) is 4.62. The number of nitrogens with one attached hydrogen (secondary N) is 1. The summed E-state index contributed by atoms with van der Waals surface area (Å²) in [6, 6.07) is 25.6. The SMILES string of the molecule is Cc1ccc(O[C@@H](C)C(=O)N[C@H](c2ccccc2)c2ccccc2C)cc1. The van der Waals surface area contributed by atoms with Crippen molar-refractivity contribution in [3.05, 3.63) is 101 Å². The molecule has 0 aliphatic rings. The van der Waals surface area contributed by atoms with E-state index in [-0.39, 0.29) is 11.9 Å². The van der Waals surface area contributed by atoms with E-state index in [1.54, 1.807) is 6.92 Å². The van der Waals surface area contributed by atoms with Crippen LogP contribution in [0.3, 0.4) is 0 Å². The van der Waals surface area contributed by atoms with Crippen LogP contribution in [0.4, 0.5) is 0 Å². The van der Waals surface area contributed by atoms with Gasteiger partial charge in [0.2, 0.25) is 0 Å². The van der Waals surface area contributed by atoms with Crippen LogP contribution in [0, 0.1) is 13.8 Å². The van der Waals surface area contributed by atoms with Crippen molar-refractivity contribution in [3.63, 3.8) is 0 Å². The molecule has 0 aliphatic heterocycles. The zero-order valence-electron chi connectivity index (χ0n) is 16.0. The average molecular weight is 359 g/mol. The molecule has 0 unspecified atom stereocenters. The Labute approximate surface area is 161 Å². The van der Waals surface area contributed by atoms with E-state index < -0.39 is 6.10 Å². The molecular formula is C24H25NO2. The Kier molecular flexibility index (Phi) is 5.92. The van der Waals surface area contributed by atoms with Gasteiger partial charge in [-0.1, -0.05) is 72.3 Å². The zero-order valence-corrected chi connectivity index (χ0v) is 16.0. The standard InChI is InChI=1S/C24H25NO2/c1-17-13-15-21(16-14-17)27-19(3)24(26)25-23(20-10-5-4-6-11-20)22-12-8-7-9-18(22)2/h4-16,19,23H,1-3H3,(H,25,26)/t19-,23+/m0/s1. The zero-order chi connectivity index (χ0) is 19.2. The quantitative estimate of drug-likeness (QED) is 0.674. The molecule has 0 bridgehead atoms. The summed E-state index contributed by atoms with van der Waals surface area (Å²) in [5.41, 5.74) is 4.42. The Morgan fingerprint density at radius 2 is 1.48 bits per heavy atom. The molecule has 3 heteroatoms. The predicted octanol–water partition coefficient (Wildman–Crippen LogP) is 4.98. The van der Waals surface area contributed by atoms with Gasteiger partial charge in [-0.05, 0) is 49.6 Å². The minimum atomic E-state index is -0.595. The van der Waals surface area contributed by atoms with Gasteiger partial charge in [0.05, 0.1) is 6.04 Å². The fourth-order valence-electron chi connectivity index (χ4n) is 3.03. The highest BCUT2D eigenvalue weighted by Crippen LogP contribution is 2.25. The van der Waals surface area contributed by atoms with Crippen molar-refractivity contribution in [3.8, 4) is 5.75 Å². The van der Waals surface area contributed by atoms with Crippen molar-refractivity contribution >= 4 is 5.91 Å². The summed E-state index contributed by atoms with van der Waals surface area (Å²) in [4.78, 5) is 12.8. The van der Waals surface area contributed by atoms with Gasteiger partial charge in [0, 0.05) is 0 Å². The molecule has 0 aliphatic carbocycles. The van der Waals surface area contributed by atoms with Crippen LogP contribution in [-0.2, 0) is 4.79 Å². The van der Waals surface area contributed by atoms with Crippen molar-refractivity contribution in [1.29, 1.82) is 0 Å². The average Bonchev–Trinajstić information content (AvgIpc) is 2.69. The normalized spacial score (nSPS) is 12.9. The monoisotopic (exact) mass is 359 g/mol.